The van der Waals surface area contributed by atoms with Gasteiger partial charge in [0.2, 0.25) is 5.91 Å². The summed E-state index contributed by atoms with van der Waals surface area (Å²) in [5, 5.41) is 0. The molecule has 1 aliphatic rings. The predicted octanol–water partition coefficient (Wildman–Crippen LogP) is 1.25. The van der Waals surface area contributed by atoms with Gasteiger partial charge in [0.25, 0.3) is 0 Å². The Bertz CT molecular complexity index is 503. The van der Waals surface area contributed by atoms with Crippen LogP contribution in [0.1, 0.15) is 19.8 Å². The van der Waals surface area contributed by atoms with E-state index in [2.05, 4.69) is 4.98 Å². The smallest absolute Gasteiger partial charge is 0.410 e. The standard InChI is InChI=1S/C14H20N4O3/c1-2-3-8-21-14(20)17-6-7-18(13(19)10-17)11-4-5-12(15)16-9-11/h4-5,9H,2-3,6-8,10H2,1H3,(H2,15,16). The second-order valence-electron chi connectivity index (χ2n) is 4.88. The Labute approximate surface area is 123 Å². The van der Waals surface area contributed by atoms with Crippen LogP contribution in [0.4, 0.5) is 16.3 Å². The minimum atomic E-state index is -0.424. The summed E-state index contributed by atoms with van der Waals surface area (Å²) in [6, 6.07) is 3.39. The van der Waals surface area contributed by atoms with Crippen LogP contribution in [0.3, 0.4) is 0 Å². The third kappa shape index (κ3) is 3.84. The Morgan fingerprint density at radius 1 is 1.43 bits per heavy atom. The van der Waals surface area contributed by atoms with E-state index in [1.54, 1.807) is 23.2 Å². The number of ether oxygens (including phenoxy) is 1. The van der Waals surface area contributed by atoms with Gasteiger partial charge in [-0.3, -0.25) is 9.69 Å². The lowest BCUT2D eigenvalue weighted by molar-refractivity contribution is -0.120. The molecule has 0 aromatic carbocycles. The molecule has 0 radical (unpaired) electrons. The van der Waals surface area contributed by atoms with Crippen molar-refractivity contribution in [1.82, 2.24) is 9.88 Å². The highest BCUT2D eigenvalue weighted by molar-refractivity contribution is 5.97. The Hall–Kier alpha value is -2.31. The number of aromatic nitrogens is 1. The molecule has 7 nitrogen and oxygen atoms in total. The number of carbonyl (C=O) groups is 2. The second kappa shape index (κ2) is 6.92. The van der Waals surface area contributed by atoms with Gasteiger partial charge in [0.1, 0.15) is 12.4 Å². The first-order valence-electron chi connectivity index (χ1n) is 7.05. The molecule has 0 unspecified atom stereocenters. The first-order chi connectivity index (χ1) is 10.1. The molecule has 1 aromatic heterocycles. The lowest BCUT2D eigenvalue weighted by Crippen LogP contribution is -2.52. The van der Waals surface area contributed by atoms with E-state index in [0.29, 0.717) is 31.2 Å². The monoisotopic (exact) mass is 292 g/mol. The fraction of sp³-hybridized carbons (Fsp3) is 0.500. The lowest BCUT2D eigenvalue weighted by atomic mass is 10.2. The number of pyridine rings is 1. The van der Waals surface area contributed by atoms with Gasteiger partial charge in [0.15, 0.2) is 0 Å². The molecule has 1 fully saturated rings. The molecule has 2 N–H and O–H groups in total. The van der Waals surface area contributed by atoms with E-state index < -0.39 is 6.09 Å². The number of nitrogen functional groups attached to an aromatic ring is 1. The third-order valence-corrected chi connectivity index (χ3v) is 3.28. The van der Waals surface area contributed by atoms with Crippen molar-refractivity contribution >= 4 is 23.5 Å². The van der Waals surface area contributed by atoms with E-state index >= 15 is 0 Å². The van der Waals surface area contributed by atoms with Crippen molar-refractivity contribution in [2.75, 3.05) is 36.9 Å². The zero-order valence-corrected chi connectivity index (χ0v) is 12.1. The topological polar surface area (TPSA) is 88.8 Å². The summed E-state index contributed by atoms with van der Waals surface area (Å²) in [4.78, 5) is 31.0. The third-order valence-electron chi connectivity index (χ3n) is 3.28. The van der Waals surface area contributed by atoms with Crippen LogP contribution in [0.25, 0.3) is 0 Å². The van der Waals surface area contributed by atoms with Gasteiger partial charge in [-0.2, -0.15) is 0 Å². The van der Waals surface area contributed by atoms with Gasteiger partial charge in [0, 0.05) is 13.1 Å². The molecule has 0 saturated carbocycles. The average molecular weight is 292 g/mol. The molecule has 2 heterocycles. The Kier molecular flexibility index (Phi) is 4.97. The quantitative estimate of drug-likeness (QED) is 0.844. The maximum Gasteiger partial charge on any atom is 0.410 e. The molecular formula is C14H20N4O3. The van der Waals surface area contributed by atoms with Crippen molar-refractivity contribution in [3.05, 3.63) is 18.3 Å². The summed E-state index contributed by atoms with van der Waals surface area (Å²) < 4.78 is 5.11. The zero-order chi connectivity index (χ0) is 15.2. The van der Waals surface area contributed by atoms with E-state index in [1.807, 2.05) is 6.92 Å². The van der Waals surface area contributed by atoms with Crippen LogP contribution >= 0.6 is 0 Å². The molecule has 1 saturated heterocycles. The molecule has 2 amide bonds. The Balaban J connectivity index is 1.91. The van der Waals surface area contributed by atoms with Gasteiger partial charge < -0.3 is 15.4 Å². The van der Waals surface area contributed by atoms with Crippen molar-refractivity contribution in [3.63, 3.8) is 0 Å². The summed E-state index contributed by atoms with van der Waals surface area (Å²) in [5.74, 6) is 0.254. The highest BCUT2D eigenvalue weighted by atomic mass is 16.6. The largest absolute Gasteiger partial charge is 0.449 e. The molecule has 1 aliphatic heterocycles. The first-order valence-corrected chi connectivity index (χ1v) is 7.05. The van der Waals surface area contributed by atoms with Gasteiger partial charge in [0.05, 0.1) is 18.5 Å². The minimum Gasteiger partial charge on any atom is -0.449 e. The van der Waals surface area contributed by atoms with Crippen LogP contribution in [0.5, 0.6) is 0 Å². The van der Waals surface area contributed by atoms with E-state index in [1.165, 1.54) is 4.90 Å². The number of anilines is 2. The number of rotatable bonds is 4. The first kappa shape index (κ1) is 15.1. The summed E-state index contributed by atoms with van der Waals surface area (Å²) in [6.45, 7) is 3.31. The van der Waals surface area contributed by atoms with E-state index in [0.717, 1.165) is 12.8 Å². The number of carbonyl (C=O) groups excluding carboxylic acids is 2. The highest BCUT2D eigenvalue weighted by Gasteiger charge is 2.28. The van der Waals surface area contributed by atoms with Gasteiger partial charge in [-0.05, 0) is 18.6 Å². The SMILES string of the molecule is CCCCOC(=O)N1CCN(c2ccc(N)nc2)C(=O)C1. The van der Waals surface area contributed by atoms with Crippen LogP contribution in [0, 0.1) is 0 Å². The molecule has 1 aromatic rings. The molecule has 2 rings (SSSR count). The summed E-state index contributed by atoms with van der Waals surface area (Å²) in [5.41, 5.74) is 6.21. The molecule has 114 valence electrons. The van der Waals surface area contributed by atoms with Gasteiger partial charge >= 0.3 is 6.09 Å². The van der Waals surface area contributed by atoms with Crippen molar-refractivity contribution in [3.8, 4) is 0 Å². The highest BCUT2D eigenvalue weighted by Crippen LogP contribution is 2.17. The molecule has 0 atom stereocenters. The molecule has 21 heavy (non-hydrogen) atoms. The van der Waals surface area contributed by atoms with Crippen LogP contribution in [-0.2, 0) is 9.53 Å². The van der Waals surface area contributed by atoms with E-state index in [9.17, 15) is 9.59 Å². The number of hydrogen-bond acceptors (Lipinski definition) is 5. The van der Waals surface area contributed by atoms with Crippen molar-refractivity contribution in [2.24, 2.45) is 0 Å². The predicted molar refractivity (Wildman–Crippen MR) is 78.8 cm³/mol. The number of piperazine rings is 1. The number of amides is 2. The summed E-state index contributed by atoms with van der Waals surface area (Å²) >= 11 is 0. The van der Waals surface area contributed by atoms with Gasteiger partial charge in [-0.1, -0.05) is 13.3 Å². The van der Waals surface area contributed by atoms with Crippen LogP contribution in [0.2, 0.25) is 0 Å². The van der Waals surface area contributed by atoms with Gasteiger partial charge in [-0.15, -0.1) is 0 Å². The van der Waals surface area contributed by atoms with Crippen LogP contribution in [0.15, 0.2) is 18.3 Å². The van der Waals surface area contributed by atoms with Crippen molar-refractivity contribution < 1.29 is 14.3 Å². The van der Waals surface area contributed by atoms with Crippen molar-refractivity contribution in [2.45, 2.75) is 19.8 Å². The fourth-order valence-corrected chi connectivity index (χ4v) is 2.05. The number of unbranched alkanes of at least 4 members (excludes halogenated alkanes) is 1. The van der Waals surface area contributed by atoms with Crippen molar-refractivity contribution in [1.29, 1.82) is 0 Å². The van der Waals surface area contributed by atoms with Crippen LogP contribution in [-0.4, -0.2) is 48.1 Å². The van der Waals surface area contributed by atoms with Gasteiger partial charge in [-0.25, -0.2) is 9.78 Å². The van der Waals surface area contributed by atoms with E-state index in [-0.39, 0.29) is 12.5 Å². The molecular weight excluding hydrogens is 272 g/mol. The average Bonchev–Trinajstić information content (AvgIpc) is 2.48. The van der Waals surface area contributed by atoms with E-state index in [4.69, 9.17) is 10.5 Å². The number of nitrogens with two attached hydrogens (primary N) is 1. The Morgan fingerprint density at radius 3 is 2.86 bits per heavy atom. The maximum absolute atomic E-state index is 12.1. The second-order valence-corrected chi connectivity index (χ2v) is 4.88. The number of nitrogens with zero attached hydrogens (tertiary/aromatic N) is 3. The Morgan fingerprint density at radius 2 is 2.24 bits per heavy atom. The minimum absolute atomic E-state index is 0.0231. The summed E-state index contributed by atoms with van der Waals surface area (Å²) in [6.07, 6.45) is 2.93. The summed E-state index contributed by atoms with van der Waals surface area (Å²) in [7, 11) is 0. The fourth-order valence-electron chi connectivity index (χ4n) is 2.05. The maximum atomic E-state index is 12.1. The van der Waals surface area contributed by atoms with Crippen LogP contribution < -0.4 is 10.6 Å². The lowest BCUT2D eigenvalue weighted by Gasteiger charge is -2.33. The normalized spacial score (nSPS) is 15.2. The number of hydrogen-bond donors (Lipinski definition) is 1. The molecule has 7 heteroatoms. The molecule has 0 bridgehead atoms. The molecule has 0 aliphatic carbocycles. The molecule has 0 spiro atoms. The zero-order valence-electron chi connectivity index (χ0n) is 12.1.